The first-order chi connectivity index (χ1) is 26.1. The summed E-state index contributed by atoms with van der Waals surface area (Å²) in [6.07, 6.45) is 43.5. The lowest BCUT2D eigenvalue weighted by molar-refractivity contribution is -0.870. The zero-order valence-electron chi connectivity index (χ0n) is 36.2. The van der Waals surface area contributed by atoms with E-state index < -0.39 is 13.9 Å². The van der Waals surface area contributed by atoms with Crippen LogP contribution in [0.25, 0.3) is 0 Å². The molecule has 0 heterocycles. The minimum Gasteiger partial charge on any atom is -0.457 e. The molecule has 0 saturated heterocycles. The maximum absolute atomic E-state index is 12.7. The number of carbonyl (C=O) groups is 1. The molecule has 0 aliphatic carbocycles. The molecule has 8 nitrogen and oxygen atoms in total. The fourth-order valence-corrected chi connectivity index (χ4v) is 6.93. The molecule has 0 spiro atoms. The van der Waals surface area contributed by atoms with Crippen LogP contribution in [0.1, 0.15) is 200 Å². The smallest absolute Gasteiger partial charge is 0.457 e. The minimum absolute atomic E-state index is 0.0878. The van der Waals surface area contributed by atoms with Gasteiger partial charge in [0.15, 0.2) is 0 Å². The fourth-order valence-electron chi connectivity index (χ4n) is 6.19. The van der Waals surface area contributed by atoms with Gasteiger partial charge in [-0.3, -0.25) is 13.8 Å². The average molecular weight is 787 g/mol. The molecule has 0 rings (SSSR count). The van der Waals surface area contributed by atoms with Crippen LogP contribution in [0.5, 0.6) is 0 Å². The Hall–Kier alpha value is -1.02. The number of phosphoric acid groups is 1. The van der Waals surface area contributed by atoms with Crippen LogP contribution < -0.4 is 0 Å². The Kier molecular flexibility index (Phi) is 38.1. The van der Waals surface area contributed by atoms with E-state index in [-0.39, 0.29) is 25.8 Å². The van der Waals surface area contributed by atoms with Gasteiger partial charge in [0, 0.05) is 13.0 Å². The van der Waals surface area contributed by atoms with E-state index in [1.165, 1.54) is 148 Å². The molecule has 54 heavy (non-hydrogen) atoms. The highest BCUT2D eigenvalue weighted by Gasteiger charge is 2.26. The van der Waals surface area contributed by atoms with Gasteiger partial charge in [0.25, 0.3) is 0 Å². The van der Waals surface area contributed by atoms with E-state index >= 15 is 0 Å². The first-order valence-electron chi connectivity index (χ1n) is 22.6. The molecule has 2 unspecified atom stereocenters. The van der Waals surface area contributed by atoms with E-state index in [4.69, 9.17) is 18.5 Å². The topological polar surface area (TPSA) is 91.3 Å². The Morgan fingerprint density at radius 3 is 1.43 bits per heavy atom. The molecule has 320 valence electrons. The molecule has 2 atom stereocenters. The normalized spacial score (nSPS) is 14.0. The molecule has 0 bridgehead atoms. The lowest BCUT2D eigenvalue weighted by Gasteiger charge is -2.24. The number of likely N-dealkylation sites (N-methyl/N-ethyl adjacent to an activating group) is 1. The van der Waals surface area contributed by atoms with Gasteiger partial charge in [-0.15, -0.1) is 0 Å². The third-order valence-corrected chi connectivity index (χ3v) is 10.7. The molecule has 0 aromatic rings. The Morgan fingerprint density at radius 1 is 0.556 bits per heavy atom. The summed E-state index contributed by atoms with van der Waals surface area (Å²) >= 11 is 0. The number of nitrogens with zero attached hydrogens (tertiary/aromatic N) is 1. The Bertz CT molecular complexity index is 920. The summed E-state index contributed by atoms with van der Waals surface area (Å²) in [5.41, 5.74) is 0. The van der Waals surface area contributed by atoms with E-state index in [1.54, 1.807) is 0 Å². The zero-order chi connectivity index (χ0) is 39.9. The number of ether oxygens (including phenoxy) is 2. The number of unbranched alkanes of at least 4 members (excludes halogenated alkanes) is 24. The quantitative estimate of drug-likeness (QED) is 0.0217. The highest BCUT2D eigenvalue weighted by molar-refractivity contribution is 7.47. The number of rotatable bonds is 42. The van der Waals surface area contributed by atoms with E-state index in [2.05, 4.69) is 38.2 Å². The second-order valence-corrected chi connectivity index (χ2v) is 17.9. The van der Waals surface area contributed by atoms with E-state index in [1.807, 2.05) is 21.1 Å². The lowest BCUT2D eigenvalue weighted by Crippen LogP contribution is -2.37. The minimum atomic E-state index is -4.27. The summed E-state index contributed by atoms with van der Waals surface area (Å²) in [4.78, 5) is 22.9. The van der Waals surface area contributed by atoms with Gasteiger partial charge in [-0.2, -0.15) is 0 Å². The van der Waals surface area contributed by atoms with Crippen LogP contribution in [0.2, 0.25) is 0 Å². The van der Waals surface area contributed by atoms with Gasteiger partial charge in [0.05, 0.1) is 34.4 Å². The van der Waals surface area contributed by atoms with Gasteiger partial charge in [0.2, 0.25) is 0 Å². The van der Waals surface area contributed by atoms with Gasteiger partial charge >= 0.3 is 13.8 Å². The van der Waals surface area contributed by atoms with Crippen LogP contribution >= 0.6 is 7.82 Å². The van der Waals surface area contributed by atoms with Crippen molar-refractivity contribution in [1.82, 2.24) is 0 Å². The van der Waals surface area contributed by atoms with E-state index in [0.717, 1.165) is 32.1 Å². The Morgan fingerprint density at radius 2 is 0.963 bits per heavy atom. The van der Waals surface area contributed by atoms with Crippen LogP contribution in [0.3, 0.4) is 0 Å². The van der Waals surface area contributed by atoms with Crippen molar-refractivity contribution in [3.63, 3.8) is 0 Å². The first-order valence-corrected chi connectivity index (χ1v) is 24.1. The molecule has 0 radical (unpaired) electrons. The maximum atomic E-state index is 12.7. The predicted molar refractivity (Wildman–Crippen MR) is 229 cm³/mol. The van der Waals surface area contributed by atoms with Gasteiger partial charge in [-0.05, 0) is 64.2 Å². The number of hydrogen-bond acceptors (Lipinski definition) is 6. The maximum Gasteiger partial charge on any atom is 0.472 e. The standard InChI is InChI=1S/C45H88NO7P/c1-6-8-10-12-14-16-18-20-22-23-24-25-26-28-30-32-34-36-38-45(47)53-44(43-52-54(48,49)51-41-39-46(3,4)5)42-50-40-37-35-33-31-29-27-21-19-17-15-13-11-9-7-2/h17,19,22-23,44H,6-16,18,20-21,24-43H2,1-5H3/p+1/b19-17-,23-22-. The number of hydrogen-bond donors (Lipinski definition) is 1. The summed E-state index contributed by atoms with van der Waals surface area (Å²) in [5, 5.41) is 0. The van der Waals surface area contributed by atoms with Crippen LogP contribution in [0.4, 0.5) is 0 Å². The predicted octanol–water partition coefficient (Wildman–Crippen LogP) is 13.2. The summed E-state index contributed by atoms with van der Waals surface area (Å²) in [6, 6.07) is 0. The number of esters is 1. The second kappa shape index (κ2) is 38.8. The number of phosphoric ester groups is 1. The zero-order valence-corrected chi connectivity index (χ0v) is 37.1. The van der Waals surface area contributed by atoms with E-state index in [0.29, 0.717) is 24.1 Å². The second-order valence-electron chi connectivity index (χ2n) is 16.4. The molecule has 1 N–H and O–H groups in total. The average Bonchev–Trinajstić information content (AvgIpc) is 3.12. The fraction of sp³-hybridized carbons (Fsp3) is 0.889. The summed E-state index contributed by atoms with van der Waals surface area (Å²) in [7, 11) is 1.66. The van der Waals surface area contributed by atoms with Crippen molar-refractivity contribution in [1.29, 1.82) is 0 Å². The van der Waals surface area contributed by atoms with Gasteiger partial charge in [-0.25, -0.2) is 4.57 Å². The van der Waals surface area contributed by atoms with Crippen molar-refractivity contribution in [2.24, 2.45) is 0 Å². The van der Waals surface area contributed by atoms with Gasteiger partial charge in [0.1, 0.15) is 19.3 Å². The molecule has 0 aliphatic heterocycles. The van der Waals surface area contributed by atoms with Crippen molar-refractivity contribution in [3.8, 4) is 0 Å². The van der Waals surface area contributed by atoms with Crippen LogP contribution in [0, 0.1) is 0 Å². The van der Waals surface area contributed by atoms with Crippen LogP contribution in [-0.2, 0) is 27.9 Å². The highest BCUT2D eigenvalue weighted by atomic mass is 31.2. The molecule has 9 heteroatoms. The third-order valence-electron chi connectivity index (χ3n) is 9.74. The first kappa shape index (κ1) is 53.0. The molecule has 0 saturated carbocycles. The summed E-state index contributed by atoms with van der Waals surface area (Å²) < 4.78 is 35.0. The molecule has 0 aliphatic rings. The number of carbonyl (C=O) groups excluding carboxylic acids is 1. The van der Waals surface area contributed by atoms with Crippen molar-refractivity contribution in [3.05, 3.63) is 24.3 Å². The Balaban J connectivity index is 4.22. The monoisotopic (exact) mass is 787 g/mol. The number of quaternary nitrogens is 1. The molecular formula is C45H89NO7P+. The highest BCUT2D eigenvalue weighted by Crippen LogP contribution is 2.43. The third kappa shape index (κ3) is 42.1. The molecular weight excluding hydrogens is 697 g/mol. The molecule has 0 aromatic heterocycles. The van der Waals surface area contributed by atoms with Crippen molar-refractivity contribution in [2.45, 2.75) is 206 Å². The van der Waals surface area contributed by atoms with Crippen molar-refractivity contribution >= 4 is 13.8 Å². The lowest BCUT2D eigenvalue weighted by atomic mass is 10.1. The van der Waals surface area contributed by atoms with Crippen molar-refractivity contribution < 1.29 is 37.3 Å². The molecule has 0 aromatic carbocycles. The SMILES string of the molecule is CCCCCC/C=C\CCCCCCCCOCC(COP(=O)(O)OCC[N+](C)(C)C)OC(=O)CCCCCCCCC/C=C\CCCCCCCCC. The summed E-state index contributed by atoms with van der Waals surface area (Å²) in [6.45, 7) is 5.61. The van der Waals surface area contributed by atoms with Gasteiger partial charge in [-0.1, -0.05) is 154 Å². The van der Waals surface area contributed by atoms with Crippen LogP contribution in [0.15, 0.2) is 24.3 Å². The largest absolute Gasteiger partial charge is 0.472 e. The van der Waals surface area contributed by atoms with Crippen LogP contribution in [-0.4, -0.2) is 75.6 Å². The number of allylic oxidation sites excluding steroid dienone is 4. The van der Waals surface area contributed by atoms with Gasteiger partial charge < -0.3 is 18.9 Å². The molecule has 0 fully saturated rings. The molecule has 0 amide bonds. The summed E-state index contributed by atoms with van der Waals surface area (Å²) in [5.74, 6) is -0.319. The van der Waals surface area contributed by atoms with Crippen molar-refractivity contribution in [2.75, 3.05) is 54.1 Å². The van der Waals surface area contributed by atoms with E-state index in [9.17, 15) is 14.3 Å². The Labute approximate surface area is 334 Å².